The van der Waals surface area contributed by atoms with Gasteiger partial charge in [-0.15, -0.1) is 6.58 Å². The molecule has 0 aromatic rings. The van der Waals surface area contributed by atoms with E-state index in [1.807, 2.05) is 6.92 Å². The molecule has 0 saturated heterocycles. The second-order valence-corrected chi connectivity index (χ2v) is 5.04. The van der Waals surface area contributed by atoms with Crippen molar-refractivity contribution in [2.45, 2.75) is 20.8 Å². The summed E-state index contributed by atoms with van der Waals surface area (Å²) >= 11 is 0. The van der Waals surface area contributed by atoms with Gasteiger partial charge >= 0.3 is 0 Å². The fourth-order valence-electron chi connectivity index (χ4n) is 0.659. The molecule has 0 aromatic heterocycles. The molecule has 0 rings (SSSR count). The Kier molecular flexibility index (Phi) is 9.61. The van der Waals surface area contributed by atoms with Gasteiger partial charge in [0, 0.05) is 11.4 Å². The first-order valence-corrected chi connectivity index (χ1v) is 6.74. The van der Waals surface area contributed by atoms with Crippen molar-refractivity contribution in [2.24, 2.45) is 5.73 Å². The fourth-order valence-corrected chi connectivity index (χ4v) is 1.62. The van der Waals surface area contributed by atoms with Crippen LogP contribution in [0.2, 0.25) is 0 Å². The van der Waals surface area contributed by atoms with Crippen molar-refractivity contribution in [2.75, 3.05) is 0 Å². The number of hydrogen-bond acceptors (Lipinski definition) is 3. The molecule has 0 aliphatic heterocycles. The Bertz CT molecular complexity index is 457. The summed E-state index contributed by atoms with van der Waals surface area (Å²) in [5.74, 6) is 0. The molecule has 102 valence electrons. The topological polar surface area (TPSA) is 72.2 Å². The van der Waals surface area contributed by atoms with Gasteiger partial charge in [-0.25, -0.2) is 8.42 Å². The van der Waals surface area contributed by atoms with Crippen molar-refractivity contribution in [3.63, 3.8) is 0 Å². The predicted octanol–water partition coefficient (Wildman–Crippen LogP) is 2.56. The average molecular weight is 270 g/mol. The molecule has 0 fully saturated rings. The first-order chi connectivity index (χ1) is 8.24. The normalized spacial score (nSPS) is 11.9. The van der Waals surface area contributed by atoms with Gasteiger partial charge < -0.3 is 5.73 Å². The molecule has 0 amide bonds. The number of nitrogens with one attached hydrogen (secondary N) is 1. The van der Waals surface area contributed by atoms with Crippen LogP contribution in [0.5, 0.6) is 0 Å². The smallest absolute Gasteiger partial charge is 0.261 e. The molecule has 0 bridgehead atoms. The summed E-state index contributed by atoms with van der Waals surface area (Å²) in [5, 5.41) is 0. The van der Waals surface area contributed by atoms with Gasteiger partial charge in [-0.2, -0.15) is 0 Å². The Morgan fingerprint density at radius 2 is 1.72 bits per heavy atom. The molecule has 0 aliphatic rings. The molecule has 0 unspecified atom stereocenters. The second-order valence-electron chi connectivity index (χ2n) is 3.30. The summed E-state index contributed by atoms with van der Waals surface area (Å²) < 4.78 is 25.5. The van der Waals surface area contributed by atoms with Crippen LogP contribution in [-0.4, -0.2) is 8.42 Å². The summed E-state index contributed by atoms with van der Waals surface area (Å²) in [6.45, 7) is 15.5. The minimum Gasteiger partial charge on any atom is -0.399 e. The Balaban J connectivity index is 0. The van der Waals surface area contributed by atoms with E-state index in [2.05, 4.69) is 24.5 Å². The zero-order valence-corrected chi connectivity index (χ0v) is 12.0. The lowest BCUT2D eigenvalue weighted by Gasteiger charge is -2.07. The van der Waals surface area contributed by atoms with Crippen LogP contribution in [-0.2, 0) is 10.0 Å². The molecule has 4 nitrogen and oxygen atoms in total. The van der Waals surface area contributed by atoms with Crippen molar-refractivity contribution < 1.29 is 8.42 Å². The van der Waals surface area contributed by atoms with Gasteiger partial charge in [0.05, 0.1) is 4.91 Å². The fraction of sp³-hybridized carbons (Fsp3) is 0.231. The van der Waals surface area contributed by atoms with Crippen LogP contribution in [0, 0.1) is 0 Å². The number of nitrogens with two attached hydrogens (primary N) is 1. The molecule has 5 heteroatoms. The Morgan fingerprint density at radius 3 is 2.06 bits per heavy atom. The second kappa shape index (κ2) is 9.30. The number of rotatable bonds is 5. The Morgan fingerprint density at radius 1 is 1.28 bits per heavy atom. The maximum atomic E-state index is 11.6. The highest BCUT2D eigenvalue weighted by atomic mass is 32.2. The van der Waals surface area contributed by atoms with Crippen LogP contribution in [0.1, 0.15) is 20.8 Å². The molecule has 0 radical (unpaired) electrons. The molecule has 0 atom stereocenters. The van der Waals surface area contributed by atoms with Crippen LogP contribution < -0.4 is 10.5 Å². The minimum atomic E-state index is -3.59. The Labute approximate surface area is 110 Å². The van der Waals surface area contributed by atoms with E-state index >= 15 is 0 Å². The third-order valence-corrected chi connectivity index (χ3v) is 3.04. The van der Waals surface area contributed by atoms with Crippen LogP contribution in [0.25, 0.3) is 0 Å². The lowest BCUT2D eigenvalue weighted by atomic mass is 10.4. The first-order valence-electron chi connectivity index (χ1n) is 5.26. The first kappa shape index (κ1) is 18.6. The number of allylic oxidation sites excluding steroid dienone is 5. The van der Waals surface area contributed by atoms with E-state index in [9.17, 15) is 8.42 Å². The third kappa shape index (κ3) is 8.41. The van der Waals surface area contributed by atoms with E-state index in [1.165, 1.54) is 12.2 Å². The summed E-state index contributed by atoms with van der Waals surface area (Å²) in [6, 6.07) is 0. The highest BCUT2D eigenvalue weighted by Gasteiger charge is 2.12. The quantitative estimate of drug-likeness (QED) is 0.595. The van der Waals surface area contributed by atoms with E-state index in [-0.39, 0.29) is 10.6 Å². The monoisotopic (exact) mass is 270 g/mol. The summed E-state index contributed by atoms with van der Waals surface area (Å²) in [6.07, 6.45) is 5.99. The van der Waals surface area contributed by atoms with Gasteiger partial charge in [0.15, 0.2) is 0 Å². The SMILES string of the molecule is C=C/C(N)=C\C(=C)S(=O)(=O)N/C(C)=C/C.C=CC. The minimum absolute atomic E-state index is 0.0962. The van der Waals surface area contributed by atoms with Crippen LogP contribution in [0.4, 0.5) is 0 Å². The standard InChI is InChI=1S/C10H16N2O2S.C3H6/c1-5-8(3)12-15(13,14)9(4)7-10(11)6-2;1-3-2/h5-7,12H,2,4,11H2,1,3H3;3H,1H2,2H3/b8-5+,10-7+;. The highest BCUT2D eigenvalue weighted by Crippen LogP contribution is 2.07. The van der Waals surface area contributed by atoms with Crippen molar-refractivity contribution >= 4 is 10.0 Å². The van der Waals surface area contributed by atoms with Gasteiger partial charge in [0.25, 0.3) is 10.0 Å². The zero-order valence-electron chi connectivity index (χ0n) is 11.2. The molecular weight excluding hydrogens is 248 g/mol. The number of sulfonamides is 1. The van der Waals surface area contributed by atoms with Crippen molar-refractivity contribution in [1.82, 2.24) is 4.72 Å². The molecule has 18 heavy (non-hydrogen) atoms. The van der Waals surface area contributed by atoms with Gasteiger partial charge in [0.2, 0.25) is 0 Å². The molecule has 0 heterocycles. The molecule has 3 N–H and O–H groups in total. The van der Waals surface area contributed by atoms with E-state index in [0.717, 1.165) is 0 Å². The molecule has 0 aliphatic carbocycles. The van der Waals surface area contributed by atoms with Crippen molar-refractivity contribution in [3.05, 3.63) is 60.3 Å². The lowest BCUT2D eigenvalue weighted by Crippen LogP contribution is -2.22. The Hall–Kier alpha value is -1.75. The van der Waals surface area contributed by atoms with E-state index in [0.29, 0.717) is 5.70 Å². The summed E-state index contributed by atoms with van der Waals surface area (Å²) in [5.41, 5.74) is 6.19. The predicted molar refractivity (Wildman–Crippen MR) is 79.0 cm³/mol. The van der Waals surface area contributed by atoms with E-state index < -0.39 is 10.0 Å². The molecular formula is C13H22N2O2S. The third-order valence-electron chi connectivity index (χ3n) is 1.64. The molecule has 0 aromatic carbocycles. The molecule has 0 spiro atoms. The van der Waals surface area contributed by atoms with Crippen LogP contribution in [0.3, 0.4) is 0 Å². The van der Waals surface area contributed by atoms with Gasteiger partial charge in [-0.3, -0.25) is 4.72 Å². The van der Waals surface area contributed by atoms with Crippen molar-refractivity contribution in [1.29, 1.82) is 0 Å². The van der Waals surface area contributed by atoms with Gasteiger partial charge in [-0.1, -0.05) is 25.3 Å². The zero-order chi connectivity index (χ0) is 14.8. The summed E-state index contributed by atoms with van der Waals surface area (Å²) in [4.78, 5) is -0.0962. The van der Waals surface area contributed by atoms with E-state index in [4.69, 9.17) is 5.73 Å². The largest absolute Gasteiger partial charge is 0.399 e. The van der Waals surface area contributed by atoms with Gasteiger partial charge in [0.1, 0.15) is 0 Å². The lowest BCUT2D eigenvalue weighted by molar-refractivity contribution is 0.596. The van der Waals surface area contributed by atoms with E-state index in [1.54, 1.807) is 26.0 Å². The van der Waals surface area contributed by atoms with Crippen molar-refractivity contribution in [3.8, 4) is 0 Å². The average Bonchev–Trinajstić information content (AvgIpc) is 2.29. The van der Waals surface area contributed by atoms with Gasteiger partial charge in [-0.05, 0) is 32.9 Å². The molecule has 0 saturated carbocycles. The van der Waals surface area contributed by atoms with Crippen LogP contribution in [0.15, 0.2) is 60.3 Å². The maximum Gasteiger partial charge on any atom is 0.261 e. The number of hydrogen-bond donors (Lipinski definition) is 2. The maximum absolute atomic E-state index is 11.6. The summed E-state index contributed by atoms with van der Waals surface area (Å²) in [7, 11) is -3.59. The van der Waals surface area contributed by atoms with Crippen LogP contribution >= 0.6 is 0 Å². The highest BCUT2D eigenvalue weighted by molar-refractivity contribution is 7.93.